The molecule has 0 fully saturated rings. The molecule has 44 valence electrons. The zero-order valence-electron chi connectivity index (χ0n) is 4.94. The predicted molar refractivity (Wildman–Crippen MR) is 35.8 cm³/mol. The Kier molecular flexibility index (Phi) is 4.73. The molecule has 2 nitrogen and oxygen atoms in total. The Hall–Kier alpha value is 0.350. The first-order valence-corrected chi connectivity index (χ1v) is 3.14. The third kappa shape index (κ3) is 2.98. The first-order chi connectivity index (χ1) is 3.35. The Morgan fingerprint density at radius 1 is 1.43 bits per heavy atom. The average Bonchev–Trinajstić information content (AvgIpc) is 1.72. The van der Waals surface area contributed by atoms with E-state index in [9.17, 15) is 0 Å². The molecule has 1 N–H and O–H groups in total. The lowest BCUT2D eigenvalue weighted by atomic mass is 10.6. The van der Waals surface area contributed by atoms with Crippen LogP contribution in [0.25, 0.3) is 0 Å². The summed E-state index contributed by atoms with van der Waals surface area (Å²) in [6.45, 7) is 6.33. The Bertz CT molecular complexity index is 31.2. The second-order valence-electron chi connectivity index (χ2n) is 1.30. The average molecular weight is 120 g/mol. The van der Waals surface area contributed by atoms with Crippen molar-refractivity contribution >= 4 is 9.39 Å². The molecule has 0 aliphatic carbocycles. The lowest BCUT2D eigenvalue weighted by Gasteiger charge is -2.14. The third-order valence-corrected chi connectivity index (χ3v) is 1.31. The molecule has 0 saturated heterocycles. The minimum Gasteiger partial charge on any atom is -0.242 e. The van der Waals surface area contributed by atoms with Crippen LogP contribution in [0.5, 0.6) is 0 Å². The number of rotatable bonds is 3. The summed E-state index contributed by atoms with van der Waals surface area (Å²) >= 11 is 0. The van der Waals surface area contributed by atoms with Crippen LogP contribution >= 0.6 is 9.39 Å². The molecule has 0 bridgehead atoms. The largest absolute Gasteiger partial charge is 0.242 e. The topological polar surface area (TPSA) is 15.3 Å². The van der Waals surface area contributed by atoms with Crippen LogP contribution in [0.2, 0.25) is 0 Å². The molecule has 0 spiro atoms. The molecule has 0 aromatic carbocycles. The van der Waals surface area contributed by atoms with Gasteiger partial charge in [-0.1, -0.05) is 23.2 Å². The van der Waals surface area contributed by atoms with Gasteiger partial charge >= 0.3 is 0 Å². The van der Waals surface area contributed by atoms with E-state index in [2.05, 4.69) is 33.4 Å². The summed E-state index contributed by atoms with van der Waals surface area (Å²) in [7, 11) is 2.46. The first-order valence-electron chi connectivity index (χ1n) is 2.56. The van der Waals surface area contributed by atoms with Gasteiger partial charge in [-0.25, -0.2) is 10.2 Å². The molecule has 0 aliphatic rings. The van der Waals surface area contributed by atoms with Gasteiger partial charge in [0.15, 0.2) is 0 Å². The Balaban J connectivity index is 2.99. The maximum atomic E-state index is 2.95. The number of hydrazine groups is 1. The summed E-state index contributed by atoms with van der Waals surface area (Å²) in [6.07, 6.45) is 0. The van der Waals surface area contributed by atoms with Crippen LogP contribution in [0.3, 0.4) is 0 Å². The van der Waals surface area contributed by atoms with E-state index in [1.807, 2.05) is 0 Å². The Morgan fingerprint density at radius 3 is 1.86 bits per heavy atom. The van der Waals surface area contributed by atoms with Crippen molar-refractivity contribution in [2.45, 2.75) is 13.8 Å². The molecular weight excluding hydrogens is 107 g/mol. The van der Waals surface area contributed by atoms with Crippen LogP contribution in [0.1, 0.15) is 13.8 Å². The summed E-state index contributed by atoms with van der Waals surface area (Å²) in [5.41, 5.74) is 0. The van der Waals surface area contributed by atoms with E-state index in [0.29, 0.717) is 0 Å². The highest BCUT2D eigenvalue weighted by molar-refractivity contribution is 7.13. The summed E-state index contributed by atoms with van der Waals surface area (Å²) in [6, 6.07) is 0. The number of nitrogens with one attached hydrogen (secondary N) is 1. The fourth-order valence-electron chi connectivity index (χ4n) is 0.406. The minimum atomic E-state index is 1.06. The third-order valence-electron chi connectivity index (χ3n) is 0.946. The van der Waals surface area contributed by atoms with E-state index in [1.54, 1.807) is 0 Å². The van der Waals surface area contributed by atoms with Gasteiger partial charge in [-0.2, -0.15) is 0 Å². The Labute approximate surface area is 47.5 Å². The van der Waals surface area contributed by atoms with Crippen LogP contribution in [-0.4, -0.2) is 18.1 Å². The lowest BCUT2D eigenvalue weighted by Crippen LogP contribution is -2.29. The quantitative estimate of drug-likeness (QED) is 0.434. The van der Waals surface area contributed by atoms with Crippen molar-refractivity contribution in [3.8, 4) is 0 Å². The van der Waals surface area contributed by atoms with Crippen LogP contribution in [-0.2, 0) is 0 Å². The van der Waals surface area contributed by atoms with Gasteiger partial charge in [-0.15, -0.1) is 0 Å². The van der Waals surface area contributed by atoms with E-state index in [1.165, 1.54) is 0 Å². The van der Waals surface area contributed by atoms with Gasteiger partial charge in [0.05, 0.1) is 0 Å². The molecule has 0 amide bonds. The Morgan fingerprint density at radius 2 is 1.86 bits per heavy atom. The molecule has 0 rings (SSSR count). The van der Waals surface area contributed by atoms with Crippen LogP contribution in [0.15, 0.2) is 0 Å². The molecule has 3 heteroatoms. The van der Waals surface area contributed by atoms with Gasteiger partial charge in [0.1, 0.15) is 0 Å². The summed E-state index contributed by atoms with van der Waals surface area (Å²) in [4.78, 5) is 0. The van der Waals surface area contributed by atoms with Crippen LogP contribution in [0.4, 0.5) is 0 Å². The SMILES string of the molecule is CCN(CC)NP. The fourth-order valence-corrected chi connectivity index (χ4v) is 0.771. The van der Waals surface area contributed by atoms with Crippen LogP contribution < -0.4 is 5.20 Å². The van der Waals surface area contributed by atoms with Crippen molar-refractivity contribution in [2.24, 2.45) is 0 Å². The van der Waals surface area contributed by atoms with Gasteiger partial charge in [0.25, 0.3) is 0 Å². The van der Waals surface area contributed by atoms with Gasteiger partial charge in [0, 0.05) is 13.1 Å². The van der Waals surface area contributed by atoms with E-state index in [-0.39, 0.29) is 0 Å². The first kappa shape index (κ1) is 7.35. The normalized spacial score (nSPS) is 10.3. The highest BCUT2D eigenvalue weighted by Crippen LogP contribution is 1.80. The molecule has 1 unspecified atom stereocenters. The second kappa shape index (κ2) is 4.51. The molecule has 7 heavy (non-hydrogen) atoms. The van der Waals surface area contributed by atoms with E-state index >= 15 is 0 Å². The summed E-state index contributed by atoms with van der Waals surface area (Å²) in [5.74, 6) is 0. The summed E-state index contributed by atoms with van der Waals surface area (Å²) in [5, 5.41) is 5.04. The zero-order valence-corrected chi connectivity index (χ0v) is 6.09. The van der Waals surface area contributed by atoms with E-state index in [0.717, 1.165) is 13.1 Å². The predicted octanol–water partition coefficient (Wildman–Crippen LogP) is 0.623. The van der Waals surface area contributed by atoms with Gasteiger partial charge < -0.3 is 0 Å². The lowest BCUT2D eigenvalue weighted by molar-refractivity contribution is 0.279. The molecule has 0 saturated carbocycles. The molecular formula is C4H13N2P. The zero-order chi connectivity index (χ0) is 5.70. The molecule has 0 aromatic rings. The number of nitrogens with zero attached hydrogens (tertiary/aromatic N) is 1. The molecule has 1 atom stereocenters. The van der Waals surface area contributed by atoms with Gasteiger partial charge in [0.2, 0.25) is 0 Å². The smallest absolute Gasteiger partial charge is 0.0105 e. The number of hydrogen-bond donors (Lipinski definition) is 1. The molecule has 0 heterocycles. The van der Waals surface area contributed by atoms with Crippen molar-refractivity contribution in [2.75, 3.05) is 13.1 Å². The monoisotopic (exact) mass is 120 g/mol. The van der Waals surface area contributed by atoms with E-state index in [4.69, 9.17) is 0 Å². The van der Waals surface area contributed by atoms with Crippen molar-refractivity contribution in [3.63, 3.8) is 0 Å². The molecule has 0 radical (unpaired) electrons. The second-order valence-corrected chi connectivity index (χ2v) is 1.56. The number of hydrogen-bond acceptors (Lipinski definition) is 2. The standard InChI is InChI=1S/C4H13N2P/c1-3-6(4-2)5-7/h5H,3-4,7H2,1-2H3. The van der Waals surface area contributed by atoms with Gasteiger partial charge in [-0.05, 0) is 0 Å². The minimum absolute atomic E-state index is 1.06. The maximum Gasteiger partial charge on any atom is 0.0105 e. The van der Waals surface area contributed by atoms with Gasteiger partial charge in [-0.3, -0.25) is 0 Å². The molecule has 0 aliphatic heterocycles. The van der Waals surface area contributed by atoms with Crippen molar-refractivity contribution < 1.29 is 0 Å². The van der Waals surface area contributed by atoms with Crippen LogP contribution in [0, 0.1) is 0 Å². The summed E-state index contributed by atoms with van der Waals surface area (Å²) < 4.78 is 0. The fraction of sp³-hybridized carbons (Fsp3) is 1.00. The van der Waals surface area contributed by atoms with Crippen molar-refractivity contribution in [1.29, 1.82) is 0 Å². The molecule has 0 aromatic heterocycles. The maximum absolute atomic E-state index is 2.95. The van der Waals surface area contributed by atoms with Crippen molar-refractivity contribution in [1.82, 2.24) is 10.2 Å². The highest BCUT2D eigenvalue weighted by Gasteiger charge is 1.88. The highest BCUT2D eigenvalue weighted by atomic mass is 31.0. The van der Waals surface area contributed by atoms with Crippen molar-refractivity contribution in [3.05, 3.63) is 0 Å². The van der Waals surface area contributed by atoms with E-state index < -0.39 is 0 Å².